The van der Waals surface area contributed by atoms with Crippen LogP contribution in [-0.4, -0.2) is 89.5 Å². The van der Waals surface area contributed by atoms with Crippen molar-refractivity contribution in [2.75, 3.05) is 13.2 Å². The standard InChI is InChI=1S/2C30H31O4S.C16H22F2N4O7S/c2*1-20-18-24(35(22-12-8-6-9-13-22)23-14-10-7-11-15-23)19-21(2)25(20)33-27(32)30-17-16-29(5,26(31)34-30)28(30,3)4;1-4-28-12(23)5-7-14(2,9-19)21-22-15(3,10-20)8-6-13(24)29-11-16(17,18)30(25,26)27/h2*6-15,18-19H,16-17H2,1-5H3;4-8,11H2,1-3H3,(H,25,26,27)/q2*+1;/p-1. The van der Waals surface area contributed by atoms with E-state index in [1.807, 2.05) is 99.6 Å². The van der Waals surface area contributed by atoms with Gasteiger partial charge in [0, 0.05) is 47.9 Å². The van der Waals surface area contributed by atoms with E-state index in [-0.39, 0.29) is 59.6 Å². The average molecular weight is 1430 g/mol. The monoisotopic (exact) mass is 1430 g/mol. The second-order valence-corrected chi connectivity index (χ2v) is 32.9. The van der Waals surface area contributed by atoms with Crippen molar-refractivity contribution in [1.29, 1.82) is 10.5 Å². The van der Waals surface area contributed by atoms with E-state index >= 15 is 0 Å². The summed E-state index contributed by atoms with van der Waals surface area (Å²) in [6, 6.07) is 53.9. The summed E-state index contributed by atoms with van der Waals surface area (Å²) in [5.41, 5.74) is -4.65. The molecule has 0 spiro atoms. The third kappa shape index (κ3) is 15.1. The topological polar surface area (TPSA) is 287 Å². The molecule has 6 unspecified atom stereocenters. The van der Waals surface area contributed by atoms with Crippen LogP contribution in [0, 0.1) is 72.0 Å². The van der Waals surface area contributed by atoms with Crippen LogP contribution in [0.15, 0.2) is 185 Å². The van der Waals surface area contributed by atoms with E-state index in [1.165, 1.54) is 33.4 Å². The summed E-state index contributed by atoms with van der Waals surface area (Å²) < 4.78 is 89.4. The molecule has 6 aromatic carbocycles. The summed E-state index contributed by atoms with van der Waals surface area (Å²) in [4.78, 5) is 82.6. The highest BCUT2D eigenvalue weighted by Gasteiger charge is 2.78. The summed E-state index contributed by atoms with van der Waals surface area (Å²) in [6.45, 7) is 21.9. The molecule has 6 atom stereocenters. The van der Waals surface area contributed by atoms with Crippen LogP contribution in [-0.2, 0) is 79.6 Å². The maximum Gasteiger partial charge on any atom is 0.367 e. The molecule has 100 heavy (non-hydrogen) atoms. The van der Waals surface area contributed by atoms with Gasteiger partial charge in [-0.2, -0.15) is 29.5 Å². The highest BCUT2D eigenvalue weighted by Crippen LogP contribution is 2.67. The Balaban J connectivity index is 0.000000192. The first-order valence-electron chi connectivity index (χ1n) is 32.6. The van der Waals surface area contributed by atoms with Gasteiger partial charge in [-0.1, -0.05) is 100 Å². The number of fused-ring (bicyclic) bond motifs is 4. The number of esters is 6. The summed E-state index contributed by atoms with van der Waals surface area (Å²) in [5.74, 6) is -2.29. The maximum atomic E-state index is 13.6. The van der Waals surface area contributed by atoms with Crippen molar-refractivity contribution in [3.63, 3.8) is 0 Å². The Bertz CT molecular complexity index is 3990. The van der Waals surface area contributed by atoms with E-state index in [0.717, 1.165) is 32.0 Å². The number of ether oxygens (including phenoxy) is 6. The lowest BCUT2D eigenvalue weighted by Crippen LogP contribution is -2.50. The van der Waals surface area contributed by atoms with Gasteiger partial charge < -0.3 is 33.0 Å². The number of carbonyl (C=O) groups is 6. The Hall–Kier alpha value is -8.81. The fourth-order valence-electron chi connectivity index (χ4n) is 12.9. The van der Waals surface area contributed by atoms with Gasteiger partial charge in [0.15, 0.2) is 57.2 Å². The molecule has 10 rings (SSSR count). The van der Waals surface area contributed by atoms with Crippen LogP contribution in [0.3, 0.4) is 0 Å². The molecule has 2 saturated heterocycles. The van der Waals surface area contributed by atoms with Crippen LogP contribution in [0.5, 0.6) is 11.5 Å². The molecule has 0 radical (unpaired) electrons. The smallest absolute Gasteiger partial charge is 0.367 e. The summed E-state index contributed by atoms with van der Waals surface area (Å²) in [5, 5.41) is 21.3. The highest BCUT2D eigenvalue weighted by atomic mass is 32.2. The number of hydrogen-bond donors (Lipinski definition) is 0. The van der Waals surface area contributed by atoms with Crippen molar-refractivity contribution in [2.45, 2.75) is 198 Å². The minimum absolute atomic E-state index is 0.0475. The first-order valence-corrected chi connectivity index (χ1v) is 36.4. The number of halogens is 2. The number of alkyl halides is 2. The van der Waals surface area contributed by atoms with Gasteiger partial charge in [0.05, 0.1) is 51.4 Å². The van der Waals surface area contributed by atoms with Crippen LogP contribution in [0.4, 0.5) is 8.78 Å². The largest absolute Gasteiger partial charge is 0.743 e. The highest BCUT2D eigenvalue weighted by molar-refractivity contribution is 7.97. The van der Waals surface area contributed by atoms with Crippen molar-refractivity contribution in [1.82, 2.24) is 0 Å². The second kappa shape index (κ2) is 29.8. The van der Waals surface area contributed by atoms with Crippen molar-refractivity contribution < 1.29 is 78.9 Å². The number of aryl methyl sites for hydroxylation is 4. The molecular weight excluding hydrogens is 1340 g/mol. The molecule has 0 aromatic heterocycles. The molecule has 0 N–H and O–H groups in total. The summed E-state index contributed by atoms with van der Waals surface area (Å²) in [7, 11) is -6.59. The van der Waals surface area contributed by atoms with Gasteiger partial charge in [-0.15, -0.1) is 0 Å². The number of hydrogen-bond acceptors (Lipinski definition) is 19. The molecule has 6 aromatic rings. The van der Waals surface area contributed by atoms with Crippen molar-refractivity contribution in [3.8, 4) is 23.6 Å². The van der Waals surface area contributed by atoms with Crippen LogP contribution in [0.25, 0.3) is 0 Å². The Morgan fingerprint density at radius 2 is 0.840 bits per heavy atom. The summed E-state index contributed by atoms with van der Waals surface area (Å²) in [6.07, 6.45) is 1.08. The Labute approximate surface area is 588 Å². The Morgan fingerprint density at radius 1 is 0.540 bits per heavy atom. The van der Waals surface area contributed by atoms with E-state index in [0.29, 0.717) is 37.2 Å². The van der Waals surface area contributed by atoms with Gasteiger partial charge in [0.1, 0.15) is 11.5 Å². The van der Waals surface area contributed by atoms with Crippen LogP contribution in [0.2, 0.25) is 0 Å². The van der Waals surface area contributed by atoms with Gasteiger partial charge in [-0.3, -0.25) is 19.2 Å². The molecule has 2 heterocycles. The molecule has 24 heteroatoms. The van der Waals surface area contributed by atoms with Crippen molar-refractivity contribution in [3.05, 3.63) is 168 Å². The Morgan fingerprint density at radius 3 is 1.09 bits per heavy atom. The lowest BCUT2D eigenvalue weighted by atomic mass is 9.66. The van der Waals surface area contributed by atoms with Gasteiger partial charge in [0.2, 0.25) is 11.2 Å². The van der Waals surface area contributed by atoms with Crippen LogP contribution < -0.4 is 9.47 Å². The molecule has 2 aliphatic carbocycles. The van der Waals surface area contributed by atoms with E-state index in [2.05, 4.69) is 136 Å². The van der Waals surface area contributed by atoms with E-state index in [1.54, 1.807) is 13.0 Å². The van der Waals surface area contributed by atoms with Crippen LogP contribution in [0.1, 0.15) is 136 Å². The molecule has 19 nitrogen and oxygen atoms in total. The number of rotatable bonds is 22. The third-order valence-corrected chi connectivity index (χ3v) is 25.4. The fourth-order valence-corrected chi connectivity index (χ4v) is 17.6. The van der Waals surface area contributed by atoms with Crippen LogP contribution >= 0.6 is 0 Å². The molecule has 4 bridgehead atoms. The van der Waals surface area contributed by atoms with Gasteiger partial charge in [0.25, 0.3) is 0 Å². The average Bonchev–Trinajstić information content (AvgIpc) is 1.53. The number of benzene rings is 6. The van der Waals surface area contributed by atoms with E-state index < -0.39 is 96.2 Å². The zero-order chi connectivity index (χ0) is 73.7. The minimum Gasteiger partial charge on any atom is -0.743 e. The predicted octanol–water partition coefficient (Wildman–Crippen LogP) is 14.7. The van der Waals surface area contributed by atoms with E-state index in [4.69, 9.17) is 23.7 Å². The van der Waals surface area contributed by atoms with Gasteiger partial charge in [-0.25, -0.2) is 18.0 Å². The first-order chi connectivity index (χ1) is 46.8. The lowest BCUT2D eigenvalue weighted by molar-refractivity contribution is -0.176. The third-order valence-electron chi connectivity index (χ3n) is 20.1. The van der Waals surface area contributed by atoms with Gasteiger partial charge in [-0.05, 0) is 172 Å². The van der Waals surface area contributed by atoms with Crippen molar-refractivity contribution in [2.24, 2.45) is 31.9 Å². The maximum absolute atomic E-state index is 13.6. The molecule has 4 fully saturated rings. The fraction of sp³-hybridized carbons (Fsp3) is 0.421. The number of carbonyl (C=O) groups excluding carboxylic acids is 6. The molecule has 2 saturated carbocycles. The second-order valence-electron chi connectivity index (χ2n) is 27.3. The molecule has 528 valence electrons. The van der Waals surface area contributed by atoms with Crippen molar-refractivity contribution >= 4 is 67.7 Å². The quantitative estimate of drug-likeness (QED) is 0.0152. The zero-order valence-corrected chi connectivity index (χ0v) is 60.8. The Kier molecular flexibility index (Phi) is 22.9. The normalized spacial score (nSPS) is 21.9. The number of nitrogens with zero attached hydrogens (tertiary/aromatic N) is 4. The number of nitriles is 2. The first kappa shape index (κ1) is 76.9. The van der Waals surface area contributed by atoms with Gasteiger partial charge >= 0.3 is 41.1 Å². The zero-order valence-electron chi connectivity index (χ0n) is 58.3. The lowest BCUT2D eigenvalue weighted by Gasteiger charge is -2.34. The van der Waals surface area contributed by atoms with E-state index in [9.17, 15) is 61.0 Å². The minimum atomic E-state index is -6.00. The molecule has 4 aliphatic rings. The predicted molar refractivity (Wildman–Crippen MR) is 367 cm³/mol. The number of azo groups is 1. The molecule has 0 amide bonds. The SMILES string of the molecule is CCOC(=O)CCC(C)(C#N)N=NC(C)(C#N)CCC(=O)OCC(F)(F)S(=O)(=O)[O-].Cc1cc([S+](c2ccccc2)c2ccccc2)cc(C)c1OC(=O)C12CCC(C)(C(=O)O1)C2(C)C.Cc1cc([S+](c2ccccc2)c2ccccc2)cc(C)c1OC(=O)C12CCC(C)(C(=O)O1)C2(C)C. The summed E-state index contributed by atoms with van der Waals surface area (Å²) >= 11 is 0. The molecule has 2 aliphatic heterocycles. The molecular formula is C76H83F2N4O15S3+.